The normalized spacial score (nSPS) is 27.3. The molecule has 0 spiro atoms. The van der Waals surface area contributed by atoms with E-state index in [9.17, 15) is 0 Å². The third-order valence-corrected chi connectivity index (χ3v) is 4.08. The Labute approximate surface area is 104 Å². The van der Waals surface area contributed by atoms with E-state index in [0.29, 0.717) is 0 Å². The smallest absolute Gasteiger partial charge is 0.399 e. The molecule has 0 radical (unpaired) electrons. The molecule has 0 amide bonds. The van der Waals surface area contributed by atoms with E-state index in [2.05, 4.69) is 6.08 Å². The van der Waals surface area contributed by atoms with Crippen LogP contribution in [0.3, 0.4) is 0 Å². The number of hydrogen-bond donors (Lipinski definition) is 1. The minimum absolute atomic E-state index is 0.320. The predicted molar refractivity (Wildman–Crippen MR) is 70.3 cm³/mol. The lowest BCUT2D eigenvalue weighted by Crippen LogP contribution is -2.41. The van der Waals surface area contributed by atoms with Crippen LogP contribution < -0.4 is 0 Å². The molecule has 1 aliphatic carbocycles. The summed E-state index contributed by atoms with van der Waals surface area (Å²) in [6, 6.07) is 0. The Kier molecular flexibility index (Phi) is 3.21. The van der Waals surface area contributed by atoms with Gasteiger partial charge in [0, 0.05) is 6.21 Å². The average molecular weight is 235 g/mol. The summed E-state index contributed by atoms with van der Waals surface area (Å²) in [5.74, 6) is 0.826. The monoisotopic (exact) mass is 235 g/mol. The first kappa shape index (κ1) is 12.8. The molecular formula is C13H22BNO2. The third kappa shape index (κ3) is 2.63. The maximum absolute atomic E-state index is 7.49. The lowest BCUT2D eigenvalue weighted by atomic mass is 9.78. The van der Waals surface area contributed by atoms with Crippen molar-refractivity contribution in [3.63, 3.8) is 0 Å². The summed E-state index contributed by atoms with van der Waals surface area (Å²) in [6.45, 7) is 8.15. The first-order valence-electron chi connectivity index (χ1n) is 6.42. The summed E-state index contributed by atoms with van der Waals surface area (Å²) < 4.78 is 11.9. The van der Waals surface area contributed by atoms with Gasteiger partial charge < -0.3 is 14.7 Å². The number of nitrogens with one attached hydrogen (secondary N) is 1. The Hall–Kier alpha value is -0.605. The first-order valence-corrected chi connectivity index (χ1v) is 6.42. The predicted octanol–water partition coefficient (Wildman–Crippen LogP) is 2.99. The lowest BCUT2D eigenvalue weighted by Gasteiger charge is -2.32. The molecule has 1 saturated heterocycles. The van der Waals surface area contributed by atoms with Crippen LogP contribution in [0.5, 0.6) is 0 Å². The molecule has 17 heavy (non-hydrogen) atoms. The highest BCUT2D eigenvalue weighted by Crippen LogP contribution is 2.39. The van der Waals surface area contributed by atoms with Gasteiger partial charge in [-0.3, -0.25) is 0 Å². The summed E-state index contributed by atoms with van der Waals surface area (Å²) in [6.07, 6.45) is 7.17. The molecule has 1 N–H and O–H groups in total. The zero-order valence-corrected chi connectivity index (χ0v) is 11.2. The fourth-order valence-corrected chi connectivity index (χ4v) is 1.86. The van der Waals surface area contributed by atoms with E-state index >= 15 is 0 Å². The summed E-state index contributed by atoms with van der Waals surface area (Å²) in [4.78, 5) is 0. The van der Waals surface area contributed by atoms with Gasteiger partial charge in [-0.05, 0) is 58.3 Å². The molecule has 1 heterocycles. The summed E-state index contributed by atoms with van der Waals surface area (Å²) in [5.41, 5.74) is 0.217. The van der Waals surface area contributed by atoms with Gasteiger partial charge in [0.1, 0.15) is 0 Å². The van der Waals surface area contributed by atoms with Crippen LogP contribution in [-0.2, 0) is 9.31 Å². The molecule has 3 nitrogen and oxygen atoms in total. The summed E-state index contributed by atoms with van der Waals surface area (Å²) >= 11 is 0. The van der Waals surface area contributed by atoms with Gasteiger partial charge in [0.05, 0.1) is 11.2 Å². The number of rotatable bonds is 4. The molecule has 2 aliphatic rings. The van der Waals surface area contributed by atoms with E-state index in [4.69, 9.17) is 14.7 Å². The van der Waals surface area contributed by atoms with Crippen molar-refractivity contribution in [2.45, 2.75) is 58.2 Å². The van der Waals surface area contributed by atoms with Crippen LogP contribution in [0.2, 0.25) is 0 Å². The van der Waals surface area contributed by atoms with E-state index in [1.807, 2.05) is 27.7 Å². The van der Waals surface area contributed by atoms with Gasteiger partial charge in [-0.25, -0.2) is 0 Å². The van der Waals surface area contributed by atoms with E-state index in [1.54, 1.807) is 0 Å². The molecule has 1 aliphatic heterocycles. The van der Waals surface area contributed by atoms with Crippen molar-refractivity contribution in [3.05, 3.63) is 11.5 Å². The quantitative estimate of drug-likeness (QED) is 0.601. The largest absolute Gasteiger partial charge is 0.496 e. The minimum Gasteiger partial charge on any atom is -0.399 e. The average Bonchev–Trinajstić information content (AvgIpc) is 2.97. The SMILES string of the molecule is CC1(C)OB(C(C=N)=CCC2CC2)OC1(C)C. The van der Waals surface area contributed by atoms with Gasteiger partial charge in [-0.15, -0.1) is 0 Å². The third-order valence-electron chi connectivity index (χ3n) is 4.08. The molecule has 1 saturated carbocycles. The van der Waals surface area contributed by atoms with Crippen molar-refractivity contribution in [1.29, 1.82) is 5.41 Å². The van der Waals surface area contributed by atoms with Gasteiger partial charge in [-0.2, -0.15) is 0 Å². The van der Waals surface area contributed by atoms with Gasteiger partial charge in [0.2, 0.25) is 0 Å². The fraction of sp³-hybridized carbons (Fsp3) is 0.769. The molecule has 0 aromatic heterocycles. The van der Waals surface area contributed by atoms with Crippen LogP contribution in [0.15, 0.2) is 11.5 Å². The zero-order chi connectivity index (χ0) is 12.7. The standard InChI is InChI=1S/C13H22BNO2/c1-12(2)13(3,4)17-14(16-12)11(9-15)8-7-10-5-6-10/h8-10,15H,5-7H2,1-4H3. The molecule has 0 aromatic carbocycles. The van der Waals surface area contributed by atoms with Crippen molar-refractivity contribution < 1.29 is 9.31 Å². The molecule has 0 aromatic rings. The molecular weight excluding hydrogens is 213 g/mol. The van der Waals surface area contributed by atoms with Crippen LogP contribution in [0.25, 0.3) is 0 Å². The van der Waals surface area contributed by atoms with Crippen LogP contribution >= 0.6 is 0 Å². The highest BCUT2D eigenvalue weighted by atomic mass is 16.7. The van der Waals surface area contributed by atoms with Crippen LogP contribution in [-0.4, -0.2) is 24.5 Å². The number of allylic oxidation sites excluding steroid dienone is 2. The molecule has 2 rings (SSSR count). The lowest BCUT2D eigenvalue weighted by molar-refractivity contribution is 0.00578. The second-order valence-electron chi connectivity index (χ2n) is 6.12. The maximum atomic E-state index is 7.49. The summed E-state index contributed by atoms with van der Waals surface area (Å²) in [5, 5.41) is 7.49. The van der Waals surface area contributed by atoms with Crippen LogP contribution in [0, 0.1) is 11.3 Å². The van der Waals surface area contributed by atoms with Crippen molar-refractivity contribution in [3.8, 4) is 0 Å². The van der Waals surface area contributed by atoms with Crippen LogP contribution in [0.4, 0.5) is 0 Å². The highest BCUT2D eigenvalue weighted by molar-refractivity contribution is 6.60. The summed E-state index contributed by atoms with van der Waals surface area (Å²) in [7, 11) is -0.378. The zero-order valence-electron chi connectivity index (χ0n) is 11.2. The Balaban J connectivity index is 2.06. The van der Waals surface area contributed by atoms with Crippen molar-refractivity contribution >= 4 is 13.3 Å². The van der Waals surface area contributed by atoms with Gasteiger partial charge in [0.15, 0.2) is 0 Å². The van der Waals surface area contributed by atoms with Crippen molar-refractivity contribution in [1.82, 2.24) is 0 Å². The van der Waals surface area contributed by atoms with Gasteiger partial charge >= 0.3 is 7.12 Å². The van der Waals surface area contributed by atoms with E-state index in [-0.39, 0.29) is 18.3 Å². The molecule has 4 heteroatoms. The van der Waals surface area contributed by atoms with E-state index < -0.39 is 0 Å². The Bertz CT molecular complexity index is 329. The molecule has 0 atom stereocenters. The second kappa shape index (κ2) is 4.25. The van der Waals surface area contributed by atoms with Gasteiger partial charge in [0.25, 0.3) is 0 Å². The topological polar surface area (TPSA) is 42.3 Å². The first-order chi connectivity index (χ1) is 7.86. The molecule has 94 valence electrons. The van der Waals surface area contributed by atoms with Crippen molar-refractivity contribution in [2.75, 3.05) is 0 Å². The fourth-order valence-electron chi connectivity index (χ4n) is 1.86. The molecule has 2 fully saturated rings. The van der Waals surface area contributed by atoms with Crippen molar-refractivity contribution in [2.24, 2.45) is 5.92 Å². The van der Waals surface area contributed by atoms with Crippen LogP contribution in [0.1, 0.15) is 47.0 Å². The molecule has 0 bridgehead atoms. The second-order valence-corrected chi connectivity index (χ2v) is 6.12. The minimum atomic E-state index is -0.378. The Morgan fingerprint density at radius 1 is 1.24 bits per heavy atom. The molecule has 0 unspecified atom stereocenters. The highest BCUT2D eigenvalue weighted by Gasteiger charge is 2.52. The Morgan fingerprint density at radius 3 is 2.18 bits per heavy atom. The maximum Gasteiger partial charge on any atom is 0.496 e. The number of hydrogen-bond acceptors (Lipinski definition) is 3. The Morgan fingerprint density at radius 2 is 1.76 bits per heavy atom. The van der Waals surface area contributed by atoms with E-state index in [1.165, 1.54) is 19.1 Å². The van der Waals surface area contributed by atoms with Gasteiger partial charge in [-0.1, -0.05) is 6.08 Å². The van der Waals surface area contributed by atoms with E-state index in [0.717, 1.165) is 17.8 Å².